The van der Waals surface area contributed by atoms with Gasteiger partial charge < -0.3 is 30.4 Å². The predicted octanol–water partition coefficient (Wildman–Crippen LogP) is 3.01. The van der Waals surface area contributed by atoms with Crippen molar-refractivity contribution in [3.8, 4) is 0 Å². The van der Waals surface area contributed by atoms with Crippen molar-refractivity contribution in [1.29, 1.82) is 0 Å². The Labute approximate surface area is 270 Å². The molecule has 0 saturated carbocycles. The molecule has 2 N–H and O–H groups in total. The van der Waals surface area contributed by atoms with Gasteiger partial charge >= 0.3 is 0 Å². The maximum absolute atomic E-state index is 10.9. The van der Waals surface area contributed by atoms with Gasteiger partial charge in [0.05, 0.1) is 18.4 Å². The van der Waals surface area contributed by atoms with Crippen LogP contribution in [0.4, 0.5) is 0 Å². The topological polar surface area (TPSA) is 103 Å². The number of amides is 2. The molecule has 2 unspecified atom stereocenters. The molecule has 2 aliphatic carbocycles. The SMILES string of the molecule is C=C1C=CC2(CC(=O)[N-]2)[C@H](C)[C@@H]1C.C[C@@H]1[C@H](C)[C@](O)(CO)C=CC12CC(=O)[N-]2.[W].[W].[Y].[Y]. The Hall–Kier alpha value is 1.66. The first-order chi connectivity index (χ1) is 13.0. The maximum Gasteiger partial charge on any atom is 0.108 e. The Bertz CT molecular complexity index is 761. The van der Waals surface area contributed by atoms with E-state index in [1.54, 1.807) is 12.2 Å². The van der Waals surface area contributed by atoms with Crippen molar-refractivity contribution in [3.05, 3.63) is 47.1 Å². The van der Waals surface area contributed by atoms with Crippen LogP contribution < -0.4 is 0 Å². The van der Waals surface area contributed by atoms with Crippen molar-refractivity contribution in [2.24, 2.45) is 23.7 Å². The fraction of sp³-hybridized carbons (Fsp3) is 0.636. The van der Waals surface area contributed by atoms with E-state index in [0.717, 1.165) is 5.57 Å². The number of nitrogens with zero attached hydrogens (tertiary/aromatic N) is 2. The number of allylic oxidation sites excluding steroid dienone is 2. The Kier molecular flexibility index (Phi) is 14.9. The summed E-state index contributed by atoms with van der Waals surface area (Å²) in [6, 6.07) is 0. The third-order valence-corrected chi connectivity index (χ3v) is 7.48. The van der Waals surface area contributed by atoms with Crippen LogP contribution in [0.5, 0.6) is 0 Å². The number of aliphatic hydroxyl groups is 2. The fourth-order valence-corrected chi connectivity index (χ4v) is 4.61. The molecule has 4 rings (SSSR count). The van der Waals surface area contributed by atoms with Gasteiger partial charge in [-0.2, -0.15) is 0 Å². The smallest absolute Gasteiger partial charge is 0.108 e. The normalized spacial score (nSPS) is 40.5. The van der Waals surface area contributed by atoms with Crippen LogP contribution in [0.1, 0.15) is 40.5 Å². The molecule has 32 heavy (non-hydrogen) atoms. The van der Waals surface area contributed by atoms with Gasteiger partial charge in [-0.15, -0.1) is 0 Å². The zero-order valence-corrected chi connectivity index (χ0v) is 30.6. The summed E-state index contributed by atoms with van der Waals surface area (Å²) in [6.45, 7) is 11.8. The summed E-state index contributed by atoms with van der Waals surface area (Å²) in [7, 11) is 0. The first-order valence-electron chi connectivity index (χ1n) is 9.92. The molecule has 2 radical (unpaired) electrons. The van der Waals surface area contributed by atoms with E-state index < -0.39 is 11.1 Å². The zero-order chi connectivity index (χ0) is 20.9. The molecule has 0 aromatic carbocycles. The minimum atomic E-state index is -1.17. The number of carbonyl (C=O) groups excluding carboxylic acids is 2. The van der Waals surface area contributed by atoms with Crippen molar-refractivity contribution in [2.45, 2.75) is 57.2 Å². The Morgan fingerprint density at radius 1 is 0.906 bits per heavy atom. The van der Waals surface area contributed by atoms with E-state index in [4.69, 9.17) is 5.11 Å². The van der Waals surface area contributed by atoms with Crippen molar-refractivity contribution in [1.82, 2.24) is 0 Å². The molecule has 172 valence electrons. The first kappa shape index (κ1) is 35.8. The molecular formula is C22H30N2O4W2Y2-2. The molecule has 2 spiro atoms. The molecular weight excluding hydrogens is 902 g/mol. The molecule has 2 fully saturated rings. The van der Waals surface area contributed by atoms with Gasteiger partial charge in [-0.25, -0.2) is 0 Å². The van der Waals surface area contributed by atoms with Crippen molar-refractivity contribution in [3.63, 3.8) is 0 Å². The molecule has 7 atom stereocenters. The summed E-state index contributed by atoms with van der Waals surface area (Å²) in [5.41, 5.74) is -0.623. The van der Waals surface area contributed by atoms with Crippen molar-refractivity contribution < 1.29 is 127 Å². The molecule has 6 nitrogen and oxygen atoms in total. The second-order valence-electron chi connectivity index (χ2n) is 8.89. The number of β-lactam (4-membered cyclic amide) rings is 2. The minimum Gasteiger partial charge on any atom is -0.644 e. The van der Waals surface area contributed by atoms with Gasteiger partial charge in [0.1, 0.15) is 5.60 Å². The molecule has 2 heterocycles. The summed E-state index contributed by atoms with van der Waals surface area (Å²) in [5.74, 6) is 0.760. The molecule has 0 aromatic rings. The maximum atomic E-state index is 10.9. The Morgan fingerprint density at radius 2 is 1.34 bits per heavy atom. The molecule has 2 saturated heterocycles. The van der Waals surface area contributed by atoms with Crippen LogP contribution >= 0.6 is 0 Å². The molecule has 2 aliphatic heterocycles. The third kappa shape index (κ3) is 6.50. The van der Waals surface area contributed by atoms with Crippen LogP contribution in [-0.4, -0.2) is 45.3 Å². The summed E-state index contributed by atoms with van der Waals surface area (Å²) >= 11 is 0. The second kappa shape index (κ2) is 13.3. The molecule has 4 aliphatic rings. The number of carbonyl (C=O) groups is 2. The van der Waals surface area contributed by atoms with E-state index in [9.17, 15) is 14.7 Å². The van der Waals surface area contributed by atoms with Crippen molar-refractivity contribution in [2.75, 3.05) is 6.61 Å². The largest absolute Gasteiger partial charge is 0.644 e. The molecule has 0 aromatic heterocycles. The van der Waals surface area contributed by atoms with Crippen LogP contribution in [-0.2, 0) is 117 Å². The van der Waals surface area contributed by atoms with Gasteiger partial charge in [0.25, 0.3) is 0 Å². The summed E-state index contributed by atoms with van der Waals surface area (Å²) < 4.78 is 0. The van der Waals surface area contributed by atoms with Crippen LogP contribution in [0.2, 0.25) is 0 Å². The molecule has 10 heteroatoms. The van der Waals surface area contributed by atoms with Crippen LogP contribution in [0.3, 0.4) is 0 Å². The van der Waals surface area contributed by atoms with Gasteiger partial charge in [-0.1, -0.05) is 75.2 Å². The third-order valence-electron chi connectivity index (χ3n) is 7.48. The average molecular weight is 932 g/mol. The number of hydrogen-bond acceptors (Lipinski definition) is 4. The van der Waals surface area contributed by atoms with Crippen LogP contribution in [0.15, 0.2) is 36.5 Å². The predicted molar refractivity (Wildman–Crippen MR) is 108 cm³/mol. The van der Waals surface area contributed by atoms with Crippen LogP contribution in [0, 0.1) is 23.7 Å². The van der Waals surface area contributed by atoms with Gasteiger partial charge in [0.15, 0.2) is 0 Å². The van der Waals surface area contributed by atoms with Gasteiger partial charge in [0.2, 0.25) is 0 Å². The van der Waals surface area contributed by atoms with Gasteiger partial charge in [-0.3, -0.25) is 0 Å². The van der Waals surface area contributed by atoms with E-state index in [-0.39, 0.29) is 143 Å². The van der Waals surface area contributed by atoms with Gasteiger partial charge in [0, 0.05) is 108 Å². The fourth-order valence-electron chi connectivity index (χ4n) is 4.61. The first-order valence-corrected chi connectivity index (χ1v) is 9.92. The Morgan fingerprint density at radius 3 is 1.75 bits per heavy atom. The minimum absolute atomic E-state index is 0. The number of hydrogen-bond donors (Lipinski definition) is 2. The monoisotopic (exact) mass is 932 g/mol. The number of aliphatic hydroxyl groups excluding tert-OH is 1. The summed E-state index contributed by atoms with van der Waals surface area (Å²) in [6.07, 6.45) is 8.43. The van der Waals surface area contributed by atoms with E-state index >= 15 is 0 Å². The van der Waals surface area contributed by atoms with Crippen LogP contribution in [0.25, 0.3) is 10.6 Å². The standard InChI is InChI=1S/C11H17NO3.C11H15NO.2W.2Y/c1-7-8(2)11(15,6-13)4-3-10(7)5-9(14)12-10;1-7-4-5-11(6-10(13)12-11)9(3)8(7)2;;;;/h3-4,7-8,13,15H,5-6H2,1-2H3,(H,12,14);4-5,8-9H,1,6H2,2-3H3,(H,12,13);;;;/p-2/t7-,8+,10?,11-;8-,9-,11?;;;;/m11..../s1. The second-order valence-corrected chi connectivity index (χ2v) is 8.89. The molecule has 2 amide bonds. The average Bonchev–Trinajstić information content (AvgIpc) is 2.62. The van der Waals surface area contributed by atoms with E-state index in [0.29, 0.717) is 24.7 Å². The number of rotatable bonds is 1. The molecule has 0 bridgehead atoms. The summed E-state index contributed by atoms with van der Waals surface area (Å²) in [4.78, 5) is 21.8. The zero-order valence-electron chi connectivity index (χ0n) is 19.0. The van der Waals surface area contributed by atoms with Gasteiger partial charge in [-0.05, 0) is 36.5 Å². The Balaban J connectivity index is 0. The van der Waals surface area contributed by atoms with E-state index in [1.165, 1.54) is 0 Å². The van der Waals surface area contributed by atoms with E-state index in [2.05, 4.69) is 31.1 Å². The summed E-state index contributed by atoms with van der Waals surface area (Å²) in [5, 5.41) is 27.4. The van der Waals surface area contributed by atoms with E-state index in [1.807, 2.05) is 26.0 Å². The van der Waals surface area contributed by atoms with Crippen molar-refractivity contribution >= 4 is 11.8 Å². The quantitative estimate of drug-likeness (QED) is 0.312.